The van der Waals surface area contributed by atoms with Crippen LogP contribution in [-0.2, 0) is 11.2 Å². The Morgan fingerprint density at radius 2 is 1.83 bits per heavy atom. The molecule has 0 aliphatic heterocycles. The van der Waals surface area contributed by atoms with Crippen molar-refractivity contribution in [1.29, 1.82) is 0 Å². The minimum Gasteiger partial charge on any atom is -0.450 e. The SMILES string of the molecule is Cc1cc(Cl)ccc1CC(=O)NC1CCC(C)C(C)C1.O=C(O)O. The number of amides is 1. The van der Waals surface area contributed by atoms with Crippen molar-refractivity contribution < 1.29 is 19.8 Å². The molecule has 2 rings (SSSR count). The van der Waals surface area contributed by atoms with Crippen molar-refractivity contribution >= 4 is 23.7 Å². The normalized spacial score (nSPS) is 22.9. The number of carbonyl (C=O) groups excluding carboxylic acids is 1. The summed E-state index contributed by atoms with van der Waals surface area (Å²) in [5.41, 5.74) is 2.14. The minimum absolute atomic E-state index is 0.127. The zero-order chi connectivity index (χ0) is 18.3. The van der Waals surface area contributed by atoms with Crippen LogP contribution < -0.4 is 5.32 Å². The lowest BCUT2D eigenvalue weighted by atomic mass is 9.79. The first-order valence-electron chi connectivity index (χ1n) is 8.15. The van der Waals surface area contributed by atoms with E-state index in [-0.39, 0.29) is 5.91 Å². The Balaban J connectivity index is 0.000000648. The lowest BCUT2D eigenvalue weighted by molar-refractivity contribution is -0.121. The van der Waals surface area contributed by atoms with Crippen LogP contribution in [0.2, 0.25) is 5.02 Å². The number of nitrogens with one attached hydrogen (secondary N) is 1. The molecular weight excluding hydrogens is 330 g/mol. The lowest BCUT2D eigenvalue weighted by Crippen LogP contribution is -2.40. The number of aryl methyl sites for hydroxylation is 1. The quantitative estimate of drug-likeness (QED) is 0.752. The Hall–Kier alpha value is -1.75. The largest absolute Gasteiger partial charge is 0.503 e. The molecule has 1 fully saturated rings. The second-order valence-electron chi connectivity index (χ2n) is 6.56. The fourth-order valence-corrected chi connectivity index (χ4v) is 3.21. The molecule has 0 bridgehead atoms. The van der Waals surface area contributed by atoms with Gasteiger partial charge in [0.2, 0.25) is 5.91 Å². The predicted octanol–water partition coefficient (Wildman–Crippen LogP) is 4.35. The molecule has 3 atom stereocenters. The minimum atomic E-state index is -1.83. The van der Waals surface area contributed by atoms with Gasteiger partial charge in [-0.25, -0.2) is 4.79 Å². The van der Waals surface area contributed by atoms with Gasteiger partial charge >= 0.3 is 6.16 Å². The molecule has 0 spiro atoms. The average Bonchev–Trinajstić information content (AvgIpc) is 2.45. The Labute approximate surface area is 148 Å². The Morgan fingerprint density at radius 3 is 2.38 bits per heavy atom. The molecule has 1 aliphatic rings. The highest BCUT2D eigenvalue weighted by molar-refractivity contribution is 6.30. The molecule has 1 aliphatic carbocycles. The third-order valence-corrected chi connectivity index (χ3v) is 4.85. The van der Waals surface area contributed by atoms with Gasteiger partial charge in [0, 0.05) is 11.1 Å². The van der Waals surface area contributed by atoms with Crippen LogP contribution >= 0.6 is 11.6 Å². The third kappa shape index (κ3) is 7.21. The van der Waals surface area contributed by atoms with E-state index in [2.05, 4.69) is 19.2 Å². The van der Waals surface area contributed by atoms with E-state index in [1.54, 1.807) is 0 Å². The Morgan fingerprint density at radius 1 is 1.21 bits per heavy atom. The molecule has 6 heteroatoms. The highest BCUT2D eigenvalue weighted by Crippen LogP contribution is 2.29. The highest BCUT2D eigenvalue weighted by atomic mass is 35.5. The van der Waals surface area contributed by atoms with Gasteiger partial charge in [-0.3, -0.25) is 4.79 Å². The number of halogens is 1. The van der Waals surface area contributed by atoms with Crippen molar-refractivity contribution in [3.63, 3.8) is 0 Å². The summed E-state index contributed by atoms with van der Waals surface area (Å²) in [4.78, 5) is 20.7. The van der Waals surface area contributed by atoms with Gasteiger partial charge in [-0.15, -0.1) is 0 Å². The van der Waals surface area contributed by atoms with Crippen LogP contribution in [0.4, 0.5) is 4.79 Å². The second kappa shape index (κ2) is 9.52. The first-order valence-corrected chi connectivity index (χ1v) is 8.53. The van der Waals surface area contributed by atoms with E-state index in [4.69, 9.17) is 26.6 Å². The molecule has 0 saturated heterocycles. The monoisotopic (exact) mass is 355 g/mol. The van der Waals surface area contributed by atoms with Gasteiger partial charge in [0.25, 0.3) is 0 Å². The van der Waals surface area contributed by atoms with E-state index in [0.717, 1.165) is 34.9 Å². The molecule has 5 nitrogen and oxygen atoms in total. The number of rotatable bonds is 3. The summed E-state index contributed by atoms with van der Waals surface area (Å²) in [5, 5.41) is 17.9. The van der Waals surface area contributed by atoms with Crippen LogP contribution in [0.5, 0.6) is 0 Å². The summed E-state index contributed by atoms with van der Waals surface area (Å²) in [5.74, 6) is 1.61. The molecule has 0 aromatic heterocycles. The van der Waals surface area contributed by atoms with Gasteiger partial charge in [0.05, 0.1) is 6.42 Å². The zero-order valence-electron chi connectivity index (χ0n) is 14.4. The molecule has 134 valence electrons. The van der Waals surface area contributed by atoms with Gasteiger partial charge < -0.3 is 15.5 Å². The summed E-state index contributed by atoms with van der Waals surface area (Å²) in [7, 11) is 0. The van der Waals surface area contributed by atoms with E-state index in [1.807, 2.05) is 25.1 Å². The molecule has 3 unspecified atom stereocenters. The predicted molar refractivity (Wildman–Crippen MR) is 94.7 cm³/mol. The van der Waals surface area contributed by atoms with Crippen LogP contribution in [0.1, 0.15) is 44.2 Å². The zero-order valence-corrected chi connectivity index (χ0v) is 15.1. The Bertz CT molecular complexity index is 572. The fourth-order valence-electron chi connectivity index (χ4n) is 2.99. The Kier molecular flexibility index (Phi) is 8.05. The van der Waals surface area contributed by atoms with Crippen LogP contribution in [0.25, 0.3) is 0 Å². The first kappa shape index (κ1) is 20.3. The summed E-state index contributed by atoms with van der Waals surface area (Å²) in [6.45, 7) is 6.59. The average molecular weight is 356 g/mol. The lowest BCUT2D eigenvalue weighted by Gasteiger charge is -2.32. The van der Waals surface area contributed by atoms with Crippen LogP contribution in [-0.4, -0.2) is 28.3 Å². The number of hydrogen-bond donors (Lipinski definition) is 3. The van der Waals surface area contributed by atoms with E-state index in [1.165, 1.54) is 6.42 Å². The topological polar surface area (TPSA) is 86.6 Å². The smallest absolute Gasteiger partial charge is 0.450 e. The highest BCUT2D eigenvalue weighted by Gasteiger charge is 2.25. The van der Waals surface area contributed by atoms with Crippen molar-refractivity contribution in [2.24, 2.45) is 11.8 Å². The number of carbonyl (C=O) groups is 2. The van der Waals surface area contributed by atoms with Crippen molar-refractivity contribution in [3.05, 3.63) is 34.3 Å². The molecule has 0 radical (unpaired) electrons. The molecule has 1 aromatic carbocycles. The van der Waals surface area contributed by atoms with Crippen LogP contribution in [0.3, 0.4) is 0 Å². The molecular formula is C18H26ClNO4. The van der Waals surface area contributed by atoms with E-state index in [0.29, 0.717) is 18.4 Å². The summed E-state index contributed by atoms with van der Waals surface area (Å²) in [6, 6.07) is 6.06. The van der Waals surface area contributed by atoms with E-state index >= 15 is 0 Å². The molecule has 1 aromatic rings. The van der Waals surface area contributed by atoms with Crippen molar-refractivity contribution in [2.75, 3.05) is 0 Å². The standard InChI is InChI=1S/C17H24ClNO.CH2O3/c1-11-4-7-16(9-12(11)2)19-17(20)10-14-5-6-15(18)8-13(14)3;2-1(3)4/h5-6,8,11-12,16H,4,7,9-10H2,1-3H3,(H,19,20);(H2,2,3,4). The molecule has 24 heavy (non-hydrogen) atoms. The summed E-state index contributed by atoms with van der Waals surface area (Å²) < 4.78 is 0. The molecule has 1 saturated carbocycles. The number of benzene rings is 1. The summed E-state index contributed by atoms with van der Waals surface area (Å²) in [6.07, 6.45) is 2.04. The van der Waals surface area contributed by atoms with Crippen LogP contribution in [0, 0.1) is 18.8 Å². The van der Waals surface area contributed by atoms with Crippen molar-refractivity contribution in [3.8, 4) is 0 Å². The van der Waals surface area contributed by atoms with Gasteiger partial charge in [0.1, 0.15) is 0 Å². The van der Waals surface area contributed by atoms with E-state index in [9.17, 15) is 4.79 Å². The van der Waals surface area contributed by atoms with Crippen LogP contribution in [0.15, 0.2) is 18.2 Å². The number of hydrogen-bond acceptors (Lipinski definition) is 2. The van der Waals surface area contributed by atoms with Crippen molar-refractivity contribution in [1.82, 2.24) is 5.32 Å². The van der Waals surface area contributed by atoms with E-state index < -0.39 is 6.16 Å². The van der Waals surface area contributed by atoms with Crippen molar-refractivity contribution in [2.45, 2.75) is 52.5 Å². The maximum Gasteiger partial charge on any atom is 0.503 e. The maximum atomic E-state index is 12.2. The molecule has 0 heterocycles. The number of carboxylic acid groups (broad SMARTS) is 2. The van der Waals surface area contributed by atoms with Gasteiger partial charge in [-0.2, -0.15) is 0 Å². The fraction of sp³-hybridized carbons (Fsp3) is 0.556. The third-order valence-electron chi connectivity index (χ3n) is 4.62. The van der Waals surface area contributed by atoms with Gasteiger partial charge in [0.15, 0.2) is 0 Å². The molecule has 1 amide bonds. The second-order valence-corrected chi connectivity index (χ2v) is 7.00. The first-order chi connectivity index (χ1) is 11.2. The summed E-state index contributed by atoms with van der Waals surface area (Å²) >= 11 is 5.94. The molecule has 3 N–H and O–H groups in total. The maximum absolute atomic E-state index is 12.2. The van der Waals surface area contributed by atoms with Gasteiger partial charge in [-0.1, -0.05) is 31.5 Å². The van der Waals surface area contributed by atoms with Gasteiger partial charge in [-0.05, 0) is 61.3 Å².